The van der Waals surface area contributed by atoms with Crippen molar-refractivity contribution in [3.63, 3.8) is 0 Å². The van der Waals surface area contributed by atoms with Gasteiger partial charge in [0.05, 0.1) is 11.8 Å². The van der Waals surface area contributed by atoms with E-state index in [4.69, 9.17) is 0 Å². The second-order valence-electron chi connectivity index (χ2n) is 7.61. The van der Waals surface area contributed by atoms with Gasteiger partial charge in [-0.25, -0.2) is 4.39 Å². The fourth-order valence-electron chi connectivity index (χ4n) is 4.48. The lowest BCUT2D eigenvalue weighted by molar-refractivity contribution is -0.157. The lowest BCUT2D eigenvalue weighted by Gasteiger charge is -2.41. The molecule has 0 saturated carbocycles. The number of amides is 3. The van der Waals surface area contributed by atoms with E-state index in [1.165, 1.54) is 23.9 Å². The van der Waals surface area contributed by atoms with Crippen molar-refractivity contribution in [3.8, 4) is 0 Å². The molecule has 0 unspecified atom stereocenters. The maximum absolute atomic E-state index is 13.2. The average Bonchev–Trinajstić information content (AvgIpc) is 3.31. The number of benzene rings is 1. The maximum Gasteiger partial charge on any atom is 0.248 e. The summed E-state index contributed by atoms with van der Waals surface area (Å²) in [6.45, 7) is 1.06. The number of carbonyl (C=O) groups is 3. The van der Waals surface area contributed by atoms with Crippen LogP contribution in [0, 0.1) is 5.82 Å². The Morgan fingerprint density at radius 1 is 1.10 bits per heavy atom. The van der Waals surface area contributed by atoms with Gasteiger partial charge in [0.15, 0.2) is 0 Å². The highest BCUT2D eigenvalue weighted by Crippen LogP contribution is 2.38. The molecule has 3 aliphatic heterocycles. The molecule has 156 valence electrons. The fraction of sp³-hybridized carbons (Fsp3) is 0.550. The molecule has 6 nitrogen and oxygen atoms in total. The molecule has 4 rings (SSSR count). The molecule has 0 bridgehead atoms. The highest BCUT2D eigenvalue weighted by molar-refractivity contribution is 7.99. The lowest BCUT2D eigenvalue weighted by Crippen LogP contribution is -2.65. The van der Waals surface area contributed by atoms with Gasteiger partial charge in [-0.05, 0) is 36.8 Å². The molecular weight excluding hydrogens is 413 g/mol. The summed E-state index contributed by atoms with van der Waals surface area (Å²) in [5.41, 5.74) is 1.00. The summed E-state index contributed by atoms with van der Waals surface area (Å²) in [5.74, 6) is 0.601. The number of carbonyl (C=O) groups excluding carboxylic acids is 3. The Morgan fingerprint density at radius 2 is 1.76 bits per heavy atom. The number of hydrogen-bond acceptors (Lipinski definition) is 5. The number of piperazine rings is 1. The fourth-order valence-corrected chi connectivity index (χ4v) is 6.14. The van der Waals surface area contributed by atoms with Crippen molar-refractivity contribution in [2.24, 2.45) is 0 Å². The van der Waals surface area contributed by atoms with Crippen LogP contribution in [0.4, 0.5) is 4.39 Å². The molecule has 1 aromatic rings. The summed E-state index contributed by atoms with van der Waals surface area (Å²) in [6, 6.07) is 5.05. The van der Waals surface area contributed by atoms with Crippen molar-refractivity contribution in [1.82, 2.24) is 15.1 Å². The molecule has 3 saturated heterocycles. The Hall–Kier alpha value is -1.74. The van der Waals surface area contributed by atoms with Crippen LogP contribution in [0.3, 0.4) is 0 Å². The van der Waals surface area contributed by atoms with E-state index in [1.54, 1.807) is 33.7 Å². The van der Waals surface area contributed by atoms with Gasteiger partial charge in [0.25, 0.3) is 0 Å². The van der Waals surface area contributed by atoms with Gasteiger partial charge in [-0.1, -0.05) is 12.1 Å². The van der Waals surface area contributed by atoms with Crippen molar-refractivity contribution < 1.29 is 18.8 Å². The highest BCUT2D eigenvalue weighted by atomic mass is 32.2. The van der Waals surface area contributed by atoms with E-state index in [0.29, 0.717) is 31.0 Å². The van der Waals surface area contributed by atoms with Crippen molar-refractivity contribution in [1.29, 1.82) is 0 Å². The minimum absolute atomic E-state index is 0.00896. The second-order valence-corrected chi connectivity index (χ2v) is 9.71. The van der Waals surface area contributed by atoms with Crippen LogP contribution in [0.25, 0.3) is 0 Å². The third-order valence-corrected chi connectivity index (χ3v) is 7.78. The molecule has 4 atom stereocenters. The van der Waals surface area contributed by atoms with Crippen LogP contribution in [-0.2, 0) is 20.1 Å². The third-order valence-electron chi connectivity index (χ3n) is 5.81. The SMILES string of the molecule is CSCC(=O)N[C@H]1CCN2C(=O)[C@@H]3[C@@H](SCc4ccc(F)cc4)CCN3C(=O)[C@H]12. The van der Waals surface area contributed by atoms with E-state index >= 15 is 0 Å². The standard InChI is InChI=1S/C20H24FN3O3S2/c1-28-11-16(25)22-14-6-8-23-17(14)19(26)24-9-7-15(18(24)20(23)27)29-10-12-2-4-13(21)5-3-12/h2-5,14-15,17-18H,6-11H2,1H3,(H,22,25)/t14-,15-,17-,18-/m0/s1. The summed E-state index contributed by atoms with van der Waals surface area (Å²) in [4.78, 5) is 41.8. The zero-order valence-electron chi connectivity index (χ0n) is 16.2. The predicted octanol–water partition coefficient (Wildman–Crippen LogP) is 1.49. The predicted molar refractivity (Wildman–Crippen MR) is 112 cm³/mol. The second kappa shape index (κ2) is 8.55. The van der Waals surface area contributed by atoms with Crippen LogP contribution in [0.1, 0.15) is 18.4 Å². The minimum atomic E-state index is -0.578. The Morgan fingerprint density at radius 3 is 2.48 bits per heavy atom. The number of fused-ring (bicyclic) bond motifs is 2. The molecule has 0 radical (unpaired) electrons. The van der Waals surface area contributed by atoms with E-state index in [0.717, 1.165) is 12.0 Å². The molecule has 29 heavy (non-hydrogen) atoms. The van der Waals surface area contributed by atoms with E-state index in [1.807, 2.05) is 6.26 Å². The monoisotopic (exact) mass is 437 g/mol. The summed E-state index contributed by atoms with van der Waals surface area (Å²) in [5, 5.41) is 2.97. The lowest BCUT2D eigenvalue weighted by atomic mass is 10.0. The Bertz CT molecular complexity index is 807. The molecule has 0 aromatic heterocycles. The van der Waals surface area contributed by atoms with Crippen molar-refractivity contribution in [2.45, 2.75) is 42.0 Å². The first-order valence-electron chi connectivity index (χ1n) is 9.75. The normalized spacial score (nSPS) is 28.5. The van der Waals surface area contributed by atoms with Gasteiger partial charge in [0.1, 0.15) is 17.9 Å². The van der Waals surface area contributed by atoms with Crippen LogP contribution in [0.2, 0.25) is 0 Å². The van der Waals surface area contributed by atoms with Gasteiger partial charge >= 0.3 is 0 Å². The Kier molecular flexibility index (Phi) is 6.06. The van der Waals surface area contributed by atoms with Gasteiger partial charge in [0, 0.05) is 24.1 Å². The number of halogens is 1. The summed E-state index contributed by atoms with van der Waals surface area (Å²) < 4.78 is 13.1. The maximum atomic E-state index is 13.2. The first-order chi connectivity index (χ1) is 14.0. The number of nitrogens with one attached hydrogen (secondary N) is 1. The summed E-state index contributed by atoms with van der Waals surface area (Å²) in [7, 11) is 0. The molecule has 3 fully saturated rings. The van der Waals surface area contributed by atoms with Gasteiger partial charge in [-0.3, -0.25) is 14.4 Å². The smallest absolute Gasteiger partial charge is 0.248 e. The van der Waals surface area contributed by atoms with Gasteiger partial charge < -0.3 is 15.1 Å². The molecule has 3 amide bonds. The molecule has 3 aliphatic rings. The van der Waals surface area contributed by atoms with Crippen molar-refractivity contribution >= 4 is 41.2 Å². The van der Waals surface area contributed by atoms with E-state index in [2.05, 4.69) is 5.32 Å². The topological polar surface area (TPSA) is 69.7 Å². The molecule has 1 aromatic carbocycles. The van der Waals surface area contributed by atoms with E-state index < -0.39 is 12.1 Å². The molecule has 1 N–H and O–H groups in total. The van der Waals surface area contributed by atoms with E-state index in [-0.39, 0.29) is 34.8 Å². The molecule has 0 spiro atoms. The average molecular weight is 438 g/mol. The number of thioether (sulfide) groups is 2. The van der Waals surface area contributed by atoms with E-state index in [9.17, 15) is 18.8 Å². The van der Waals surface area contributed by atoms with Crippen molar-refractivity contribution in [2.75, 3.05) is 25.1 Å². The summed E-state index contributed by atoms with van der Waals surface area (Å²) in [6.07, 6.45) is 3.22. The molecule has 0 aliphatic carbocycles. The highest BCUT2D eigenvalue weighted by Gasteiger charge is 2.56. The van der Waals surface area contributed by atoms with Crippen LogP contribution in [0.15, 0.2) is 24.3 Å². The zero-order valence-corrected chi connectivity index (χ0v) is 17.8. The minimum Gasteiger partial charge on any atom is -0.350 e. The molecular formula is C20H24FN3O3S2. The van der Waals surface area contributed by atoms with Gasteiger partial charge in [-0.15, -0.1) is 0 Å². The van der Waals surface area contributed by atoms with Gasteiger partial charge in [-0.2, -0.15) is 23.5 Å². The summed E-state index contributed by atoms with van der Waals surface area (Å²) >= 11 is 3.08. The first-order valence-corrected chi connectivity index (χ1v) is 12.2. The van der Waals surface area contributed by atoms with Crippen LogP contribution in [-0.4, -0.2) is 76.0 Å². The quantitative estimate of drug-likeness (QED) is 0.730. The number of hydrogen-bond donors (Lipinski definition) is 1. The van der Waals surface area contributed by atoms with Crippen LogP contribution < -0.4 is 5.32 Å². The number of nitrogens with zero attached hydrogens (tertiary/aromatic N) is 2. The zero-order chi connectivity index (χ0) is 20.5. The van der Waals surface area contributed by atoms with Crippen LogP contribution >= 0.6 is 23.5 Å². The molecule has 3 heterocycles. The molecule has 9 heteroatoms. The van der Waals surface area contributed by atoms with Gasteiger partial charge in [0.2, 0.25) is 17.7 Å². The largest absolute Gasteiger partial charge is 0.350 e. The van der Waals surface area contributed by atoms with Crippen molar-refractivity contribution in [3.05, 3.63) is 35.6 Å². The first kappa shape index (κ1) is 20.5. The Balaban J connectivity index is 1.44. The Labute approximate surface area is 177 Å². The number of rotatable bonds is 6. The third kappa shape index (κ3) is 3.99. The van der Waals surface area contributed by atoms with Crippen LogP contribution in [0.5, 0.6) is 0 Å².